The van der Waals surface area contributed by atoms with E-state index in [-0.39, 0.29) is 22.4 Å². The van der Waals surface area contributed by atoms with Gasteiger partial charge in [0.1, 0.15) is 17.6 Å². The van der Waals surface area contributed by atoms with Crippen LogP contribution in [0, 0.1) is 0 Å². The van der Waals surface area contributed by atoms with E-state index in [1.54, 1.807) is 18.2 Å². The van der Waals surface area contributed by atoms with Gasteiger partial charge in [-0.05, 0) is 24.3 Å². The Morgan fingerprint density at radius 1 is 1.00 bits per heavy atom. The molecule has 0 aliphatic rings. The van der Waals surface area contributed by atoms with Crippen molar-refractivity contribution in [1.82, 2.24) is 0 Å². The van der Waals surface area contributed by atoms with Crippen LogP contribution < -0.4 is 26.2 Å². The first-order valence-corrected chi connectivity index (χ1v) is 8.15. The average Bonchev–Trinajstić information content (AvgIpc) is 2.47. The molecule has 0 unspecified atom stereocenters. The predicted molar refractivity (Wildman–Crippen MR) is 90.5 cm³/mol. The van der Waals surface area contributed by atoms with Gasteiger partial charge in [-0.2, -0.15) is 13.6 Å². The molecular formula is C15H13N3O5S. The maximum absolute atomic E-state index is 12.6. The third-order valence-electron chi connectivity index (χ3n) is 3.32. The highest BCUT2D eigenvalue weighted by atomic mass is 32.2. The summed E-state index contributed by atoms with van der Waals surface area (Å²) in [5.74, 6) is -0.0586. The second-order valence-corrected chi connectivity index (χ2v) is 6.21. The normalized spacial score (nSPS) is 11.5. The molecule has 0 spiro atoms. The molecule has 0 aliphatic heterocycles. The smallest absolute Gasteiger partial charge is 0.380 e. The van der Waals surface area contributed by atoms with Gasteiger partial charge in [0, 0.05) is 29.1 Å². The fraction of sp³-hybridized carbons (Fsp3) is 0. The summed E-state index contributed by atoms with van der Waals surface area (Å²) in [6.07, 6.45) is 1.27. The van der Waals surface area contributed by atoms with Crippen LogP contribution in [-0.4, -0.2) is 8.42 Å². The molecule has 0 aliphatic carbocycles. The zero-order chi connectivity index (χ0) is 17.5. The van der Waals surface area contributed by atoms with E-state index in [0.717, 1.165) is 0 Å². The Balaban J connectivity index is 2.12. The molecule has 3 rings (SSSR count). The van der Waals surface area contributed by atoms with Crippen LogP contribution in [0.1, 0.15) is 0 Å². The number of anilines is 2. The summed E-state index contributed by atoms with van der Waals surface area (Å²) in [6, 6.07) is 8.75. The number of rotatable bonds is 3. The molecule has 0 radical (unpaired) electrons. The Kier molecular flexibility index (Phi) is 3.66. The largest absolute Gasteiger partial charge is 0.463 e. The number of nitrogens with two attached hydrogens (primary N) is 3. The maximum Gasteiger partial charge on any atom is 0.380 e. The van der Waals surface area contributed by atoms with Crippen LogP contribution in [0.5, 0.6) is 5.75 Å². The molecule has 1 heterocycles. The lowest BCUT2D eigenvalue weighted by molar-refractivity contribution is 0.488. The Labute approximate surface area is 136 Å². The standard InChI is InChI=1S/C15H13N3O5S/c16-8-1-3-11-14(5-8)22-7-12(15(11)19)10-4-2-9(6-13(10)17)23-24(18,20)21/h1-7H,16-17H2,(H2,18,20,21). The molecule has 0 fully saturated rings. The number of nitrogen functional groups attached to an aromatic ring is 2. The molecule has 3 aromatic rings. The summed E-state index contributed by atoms with van der Waals surface area (Å²) >= 11 is 0. The average molecular weight is 347 g/mol. The summed E-state index contributed by atoms with van der Waals surface area (Å²) in [6.45, 7) is 0. The third kappa shape index (κ3) is 3.03. The minimum Gasteiger partial charge on any atom is -0.463 e. The van der Waals surface area contributed by atoms with Crippen molar-refractivity contribution in [2.45, 2.75) is 0 Å². The Morgan fingerprint density at radius 3 is 2.42 bits per heavy atom. The zero-order valence-corrected chi connectivity index (χ0v) is 13.0. The molecule has 9 heteroatoms. The van der Waals surface area contributed by atoms with Crippen molar-refractivity contribution >= 4 is 32.6 Å². The van der Waals surface area contributed by atoms with Crippen LogP contribution in [0.2, 0.25) is 0 Å². The van der Waals surface area contributed by atoms with Crippen LogP contribution in [0.15, 0.2) is 51.9 Å². The number of fused-ring (bicyclic) bond motifs is 1. The lowest BCUT2D eigenvalue weighted by Crippen LogP contribution is -2.19. The van der Waals surface area contributed by atoms with Crippen molar-refractivity contribution in [3.8, 4) is 16.9 Å². The van der Waals surface area contributed by atoms with E-state index in [1.165, 1.54) is 24.5 Å². The lowest BCUT2D eigenvalue weighted by Gasteiger charge is -2.08. The minimum absolute atomic E-state index is 0.0586. The molecule has 0 saturated heterocycles. The van der Waals surface area contributed by atoms with Crippen molar-refractivity contribution in [3.05, 3.63) is 52.9 Å². The molecule has 124 valence electrons. The number of hydrogen-bond acceptors (Lipinski definition) is 7. The van der Waals surface area contributed by atoms with Crippen molar-refractivity contribution in [2.75, 3.05) is 11.5 Å². The molecule has 0 atom stereocenters. The summed E-state index contributed by atoms with van der Waals surface area (Å²) in [5.41, 5.74) is 12.8. The molecule has 24 heavy (non-hydrogen) atoms. The maximum atomic E-state index is 12.6. The number of hydrogen-bond donors (Lipinski definition) is 3. The van der Waals surface area contributed by atoms with Crippen molar-refractivity contribution in [2.24, 2.45) is 5.14 Å². The van der Waals surface area contributed by atoms with Gasteiger partial charge in [0.05, 0.1) is 10.9 Å². The van der Waals surface area contributed by atoms with Gasteiger partial charge in [-0.15, -0.1) is 0 Å². The fourth-order valence-electron chi connectivity index (χ4n) is 2.30. The van der Waals surface area contributed by atoms with Gasteiger partial charge in [-0.3, -0.25) is 4.79 Å². The van der Waals surface area contributed by atoms with Gasteiger partial charge in [0.25, 0.3) is 0 Å². The lowest BCUT2D eigenvalue weighted by atomic mass is 10.0. The highest BCUT2D eigenvalue weighted by Gasteiger charge is 2.14. The number of benzene rings is 2. The summed E-state index contributed by atoms with van der Waals surface area (Å²) in [4.78, 5) is 12.6. The molecule has 6 N–H and O–H groups in total. The van der Waals surface area contributed by atoms with E-state index in [0.29, 0.717) is 22.2 Å². The summed E-state index contributed by atoms with van der Waals surface area (Å²) in [7, 11) is -4.16. The monoisotopic (exact) mass is 347 g/mol. The van der Waals surface area contributed by atoms with Gasteiger partial charge >= 0.3 is 10.3 Å². The van der Waals surface area contributed by atoms with Gasteiger partial charge in [0.2, 0.25) is 5.43 Å². The molecular weight excluding hydrogens is 334 g/mol. The van der Waals surface area contributed by atoms with Gasteiger partial charge in [0.15, 0.2) is 0 Å². The summed E-state index contributed by atoms with van der Waals surface area (Å²) < 4.78 is 31.9. The third-order valence-corrected chi connectivity index (χ3v) is 3.75. The van der Waals surface area contributed by atoms with Crippen LogP contribution in [0.3, 0.4) is 0 Å². The fourth-order valence-corrected chi connectivity index (χ4v) is 2.67. The summed E-state index contributed by atoms with van der Waals surface area (Å²) in [5, 5.41) is 5.15. The molecule has 0 amide bonds. The van der Waals surface area contributed by atoms with Crippen molar-refractivity contribution in [3.63, 3.8) is 0 Å². The Hall–Kier alpha value is -3.04. The first kappa shape index (κ1) is 15.8. The minimum atomic E-state index is -4.16. The van der Waals surface area contributed by atoms with E-state index < -0.39 is 10.3 Å². The van der Waals surface area contributed by atoms with Gasteiger partial charge in [-0.1, -0.05) is 0 Å². The van der Waals surface area contributed by atoms with Crippen LogP contribution in [-0.2, 0) is 10.3 Å². The zero-order valence-electron chi connectivity index (χ0n) is 12.2. The molecule has 0 bridgehead atoms. The van der Waals surface area contributed by atoms with E-state index in [4.69, 9.17) is 21.0 Å². The predicted octanol–water partition coefficient (Wildman–Crippen LogP) is 1.21. The first-order valence-electron chi connectivity index (χ1n) is 6.68. The van der Waals surface area contributed by atoms with E-state index in [9.17, 15) is 13.2 Å². The molecule has 2 aromatic carbocycles. The highest BCUT2D eigenvalue weighted by Crippen LogP contribution is 2.29. The van der Waals surface area contributed by atoms with Gasteiger partial charge < -0.3 is 20.1 Å². The second kappa shape index (κ2) is 5.55. The second-order valence-electron chi connectivity index (χ2n) is 5.06. The molecule has 1 aromatic heterocycles. The SMILES string of the molecule is Nc1ccc2c(=O)c(-c3ccc(OS(N)(=O)=O)cc3N)coc2c1. The Bertz CT molecular complexity index is 1110. The van der Waals surface area contributed by atoms with E-state index >= 15 is 0 Å². The van der Waals surface area contributed by atoms with Crippen LogP contribution in [0.4, 0.5) is 11.4 Å². The van der Waals surface area contributed by atoms with Gasteiger partial charge in [-0.25, -0.2) is 0 Å². The quantitative estimate of drug-likeness (QED) is 0.602. The Morgan fingerprint density at radius 2 is 1.75 bits per heavy atom. The van der Waals surface area contributed by atoms with E-state index in [1.807, 2.05) is 0 Å². The van der Waals surface area contributed by atoms with Crippen molar-refractivity contribution in [1.29, 1.82) is 0 Å². The van der Waals surface area contributed by atoms with E-state index in [2.05, 4.69) is 4.18 Å². The van der Waals surface area contributed by atoms with Crippen LogP contribution in [0.25, 0.3) is 22.1 Å². The topological polar surface area (TPSA) is 152 Å². The van der Waals surface area contributed by atoms with Crippen LogP contribution >= 0.6 is 0 Å². The molecule has 8 nitrogen and oxygen atoms in total. The molecule has 0 saturated carbocycles. The highest BCUT2D eigenvalue weighted by molar-refractivity contribution is 7.84. The first-order chi connectivity index (χ1) is 11.2. The van der Waals surface area contributed by atoms with Crippen molar-refractivity contribution < 1.29 is 17.0 Å².